The fourth-order valence-corrected chi connectivity index (χ4v) is 2.10. The molecule has 20 heavy (non-hydrogen) atoms. The van der Waals surface area contributed by atoms with Gasteiger partial charge in [0.15, 0.2) is 0 Å². The van der Waals surface area contributed by atoms with E-state index in [4.69, 9.17) is 34.0 Å². The van der Waals surface area contributed by atoms with Crippen LogP contribution in [0.25, 0.3) is 0 Å². The first-order valence-electron chi connectivity index (χ1n) is 5.77. The van der Waals surface area contributed by atoms with Crippen LogP contribution in [-0.4, -0.2) is 11.0 Å². The molecule has 0 aliphatic carbocycles. The van der Waals surface area contributed by atoms with Crippen molar-refractivity contribution in [3.63, 3.8) is 0 Å². The van der Waals surface area contributed by atoms with Crippen molar-refractivity contribution in [1.82, 2.24) is 0 Å². The molecule has 4 nitrogen and oxygen atoms in total. The van der Waals surface area contributed by atoms with Gasteiger partial charge in [-0.15, -0.1) is 0 Å². The summed E-state index contributed by atoms with van der Waals surface area (Å²) in [5, 5.41) is 12.1. The Bertz CT molecular complexity index is 619. The molecule has 4 N–H and O–H groups in total. The number of nitrogens with one attached hydrogen (secondary N) is 1. The van der Waals surface area contributed by atoms with Crippen molar-refractivity contribution < 1.29 is 9.90 Å². The second kappa shape index (κ2) is 6.13. The molecule has 0 spiro atoms. The van der Waals surface area contributed by atoms with E-state index in [2.05, 4.69) is 5.32 Å². The van der Waals surface area contributed by atoms with E-state index in [0.717, 1.165) is 5.56 Å². The maximum atomic E-state index is 12.1. The average molecular weight is 311 g/mol. The molecular weight excluding hydrogens is 299 g/mol. The van der Waals surface area contributed by atoms with E-state index < -0.39 is 0 Å². The summed E-state index contributed by atoms with van der Waals surface area (Å²) in [6.07, 6.45) is 0. The monoisotopic (exact) mass is 310 g/mol. The Balaban J connectivity index is 2.19. The second-order valence-corrected chi connectivity index (χ2v) is 4.98. The number of benzene rings is 2. The number of hydrogen-bond acceptors (Lipinski definition) is 3. The van der Waals surface area contributed by atoms with Gasteiger partial charge in [0.2, 0.25) is 0 Å². The number of hydrogen-bond donors (Lipinski definition) is 3. The Labute approximate surface area is 126 Å². The van der Waals surface area contributed by atoms with E-state index in [1.165, 1.54) is 12.1 Å². The number of rotatable bonds is 3. The Morgan fingerprint density at radius 1 is 1.15 bits per heavy atom. The van der Waals surface area contributed by atoms with Gasteiger partial charge in [-0.05, 0) is 29.8 Å². The molecule has 2 rings (SSSR count). The fraction of sp³-hybridized carbons (Fsp3) is 0.0714. The number of carbonyl (C=O) groups is 1. The SMILES string of the molecule is Nc1c(Cl)cc(C(=O)Nc2ccc(CO)cc2)cc1Cl. The van der Waals surface area contributed by atoms with E-state index >= 15 is 0 Å². The van der Waals surface area contributed by atoms with Gasteiger partial charge in [-0.25, -0.2) is 0 Å². The van der Waals surface area contributed by atoms with Crippen LogP contribution in [0.1, 0.15) is 15.9 Å². The average Bonchev–Trinajstić information content (AvgIpc) is 2.45. The Morgan fingerprint density at radius 3 is 2.20 bits per heavy atom. The number of halogens is 2. The summed E-state index contributed by atoms with van der Waals surface area (Å²) in [6.45, 7) is -0.0442. The van der Waals surface area contributed by atoms with E-state index in [-0.39, 0.29) is 28.2 Å². The number of amides is 1. The van der Waals surface area contributed by atoms with Gasteiger partial charge in [0.25, 0.3) is 5.91 Å². The van der Waals surface area contributed by atoms with Crippen LogP contribution in [0.2, 0.25) is 10.0 Å². The first kappa shape index (κ1) is 14.7. The highest BCUT2D eigenvalue weighted by Crippen LogP contribution is 2.29. The molecule has 1 amide bonds. The van der Waals surface area contributed by atoms with Crippen LogP contribution in [0.15, 0.2) is 36.4 Å². The lowest BCUT2D eigenvalue weighted by Crippen LogP contribution is -2.12. The molecular formula is C14H12Cl2N2O2. The van der Waals surface area contributed by atoms with Crippen molar-refractivity contribution in [2.45, 2.75) is 6.61 Å². The fourth-order valence-electron chi connectivity index (χ4n) is 1.61. The zero-order chi connectivity index (χ0) is 14.7. The highest BCUT2D eigenvalue weighted by Gasteiger charge is 2.11. The molecule has 2 aromatic rings. The van der Waals surface area contributed by atoms with Gasteiger partial charge in [0, 0.05) is 11.3 Å². The van der Waals surface area contributed by atoms with Crippen LogP contribution in [0.5, 0.6) is 0 Å². The molecule has 6 heteroatoms. The predicted molar refractivity (Wildman–Crippen MR) is 81.2 cm³/mol. The summed E-state index contributed by atoms with van der Waals surface area (Å²) in [6, 6.07) is 9.76. The van der Waals surface area contributed by atoms with E-state index in [1.807, 2.05) is 0 Å². The van der Waals surface area contributed by atoms with Gasteiger partial charge in [-0.3, -0.25) is 4.79 Å². The number of nitrogen functional groups attached to an aromatic ring is 1. The standard InChI is InChI=1S/C14H12Cl2N2O2/c15-11-5-9(6-12(16)13(11)17)14(20)18-10-3-1-8(7-19)2-4-10/h1-6,19H,7,17H2,(H,18,20). The molecule has 0 aromatic heterocycles. The van der Waals surface area contributed by atoms with Crippen LogP contribution >= 0.6 is 23.2 Å². The third-order valence-electron chi connectivity index (χ3n) is 2.74. The lowest BCUT2D eigenvalue weighted by molar-refractivity contribution is 0.102. The highest BCUT2D eigenvalue weighted by molar-refractivity contribution is 6.39. The van der Waals surface area contributed by atoms with Gasteiger partial charge < -0.3 is 16.2 Å². The van der Waals surface area contributed by atoms with Crippen LogP contribution in [-0.2, 0) is 6.61 Å². The maximum Gasteiger partial charge on any atom is 0.255 e. The van der Waals surface area contributed by atoms with Crippen LogP contribution in [0, 0.1) is 0 Å². The molecule has 0 saturated carbocycles. The number of aliphatic hydroxyl groups is 1. The van der Waals surface area contributed by atoms with Gasteiger partial charge in [0.1, 0.15) is 0 Å². The first-order valence-corrected chi connectivity index (χ1v) is 6.52. The summed E-state index contributed by atoms with van der Waals surface area (Å²) < 4.78 is 0. The Kier molecular flexibility index (Phi) is 4.49. The molecule has 0 fully saturated rings. The van der Waals surface area contributed by atoms with Crippen LogP contribution < -0.4 is 11.1 Å². The van der Waals surface area contributed by atoms with Crippen molar-refractivity contribution in [3.8, 4) is 0 Å². The van der Waals surface area contributed by atoms with Crippen LogP contribution in [0.4, 0.5) is 11.4 Å². The van der Waals surface area contributed by atoms with Gasteiger partial charge in [-0.2, -0.15) is 0 Å². The molecule has 0 saturated heterocycles. The third kappa shape index (κ3) is 3.22. The molecule has 2 aromatic carbocycles. The summed E-state index contributed by atoms with van der Waals surface area (Å²) in [7, 11) is 0. The topological polar surface area (TPSA) is 75.4 Å². The molecule has 0 heterocycles. The molecule has 0 aliphatic heterocycles. The maximum absolute atomic E-state index is 12.1. The number of aliphatic hydroxyl groups excluding tert-OH is 1. The van der Waals surface area contributed by atoms with E-state index in [0.29, 0.717) is 11.3 Å². The molecule has 0 radical (unpaired) electrons. The Hall–Kier alpha value is -1.75. The molecule has 104 valence electrons. The predicted octanol–water partition coefficient (Wildman–Crippen LogP) is 3.32. The van der Waals surface area contributed by atoms with Gasteiger partial charge in [-0.1, -0.05) is 35.3 Å². The zero-order valence-electron chi connectivity index (χ0n) is 10.4. The normalized spacial score (nSPS) is 10.3. The lowest BCUT2D eigenvalue weighted by Gasteiger charge is -2.08. The molecule has 0 atom stereocenters. The van der Waals surface area contributed by atoms with Gasteiger partial charge in [0.05, 0.1) is 22.3 Å². The minimum Gasteiger partial charge on any atom is -0.396 e. The lowest BCUT2D eigenvalue weighted by atomic mass is 10.1. The minimum absolute atomic E-state index is 0.0442. The summed E-state index contributed by atoms with van der Waals surface area (Å²) in [5.41, 5.74) is 7.56. The zero-order valence-corrected chi connectivity index (χ0v) is 11.9. The van der Waals surface area contributed by atoms with Crippen molar-refractivity contribution >= 4 is 40.5 Å². The smallest absolute Gasteiger partial charge is 0.255 e. The molecule has 0 aliphatic rings. The van der Waals surface area contributed by atoms with Gasteiger partial charge >= 0.3 is 0 Å². The van der Waals surface area contributed by atoms with Crippen molar-refractivity contribution in [3.05, 3.63) is 57.6 Å². The van der Waals surface area contributed by atoms with Crippen LogP contribution in [0.3, 0.4) is 0 Å². The second-order valence-electron chi connectivity index (χ2n) is 4.16. The number of anilines is 2. The first-order chi connectivity index (χ1) is 9.51. The third-order valence-corrected chi connectivity index (χ3v) is 3.36. The summed E-state index contributed by atoms with van der Waals surface area (Å²) in [5.74, 6) is -0.342. The number of nitrogens with two attached hydrogens (primary N) is 1. The van der Waals surface area contributed by atoms with Crippen molar-refractivity contribution in [1.29, 1.82) is 0 Å². The Morgan fingerprint density at radius 2 is 1.70 bits per heavy atom. The largest absolute Gasteiger partial charge is 0.396 e. The quantitative estimate of drug-likeness (QED) is 0.761. The highest BCUT2D eigenvalue weighted by atomic mass is 35.5. The minimum atomic E-state index is -0.342. The van der Waals surface area contributed by atoms with E-state index in [1.54, 1.807) is 24.3 Å². The van der Waals surface area contributed by atoms with Crippen molar-refractivity contribution in [2.75, 3.05) is 11.1 Å². The van der Waals surface area contributed by atoms with E-state index in [9.17, 15) is 4.79 Å². The molecule has 0 bridgehead atoms. The molecule has 0 unspecified atom stereocenters. The summed E-state index contributed by atoms with van der Waals surface area (Å²) >= 11 is 11.8. The summed E-state index contributed by atoms with van der Waals surface area (Å²) in [4.78, 5) is 12.1. The van der Waals surface area contributed by atoms with Crippen molar-refractivity contribution in [2.24, 2.45) is 0 Å². The number of carbonyl (C=O) groups excluding carboxylic acids is 1.